The van der Waals surface area contributed by atoms with E-state index in [1.54, 1.807) is 0 Å². The van der Waals surface area contributed by atoms with Crippen LogP contribution in [0, 0.1) is 5.92 Å². The van der Waals surface area contributed by atoms with E-state index in [1.165, 1.54) is 0 Å². The van der Waals surface area contributed by atoms with Crippen molar-refractivity contribution >= 4 is 0 Å². The van der Waals surface area contributed by atoms with Crippen molar-refractivity contribution in [1.29, 1.82) is 0 Å². The fourth-order valence-electron chi connectivity index (χ4n) is 2.48. The van der Waals surface area contributed by atoms with Crippen LogP contribution in [0.5, 0.6) is 0 Å². The summed E-state index contributed by atoms with van der Waals surface area (Å²) in [5.74, 6) is 1.68. The van der Waals surface area contributed by atoms with Gasteiger partial charge < -0.3 is 15.0 Å². The quantitative estimate of drug-likeness (QED) is 0.792. The molecular formula is C13H23N3O. The van der Waals surface area contributed by atoms with Gasteiger partial charge in [0.1, 0.15) is 5.82 Å². The fraction of sp³-hybridized carbons (Fsp3) is 0.769. The van der Waals surface area contributed by atoms with Gasteiger partial charge in [-0.05, 0) is 26.3 Å². The van der Waals surface area contributed by atoms with Gasteiger partial charge in [0, 0.05) is 30.8 Å². The molecule has 1 aliphatic heterocycles. The molecule has 0 bridgehead atoms. The Bertz CT molecular complexity index is 312. The molecule has 0 spiro atoms. The molecule has 2 N–H and O–H groups in total. The van der Waals surface area contributed by atoms with Gasteiger partial charge in [0.15, 0.2) is 0 Å². The lowest BCUT2D eigenvalue weighted by Crippen LogP contribution is -2.39. The predicted octanol–water partition coefficient (Wildman–Crippen LogP) is 1.75. The lowest BCUT2D eigenvalue weighted by Gasteiger charge is -2.23. The molecule has 3 atom stereocenters. The van der Waals surface area contributed by atoms with Crippen LogP contribution in [0.15, 0.2) is 12.4 Å². The standard InChI is InChI=1S/C13H23N3O/c1-3-4-14-12(8-13-15-5-6-16-13)11-7-10(2)17-9-11/h5-6,10-12,14H,3-4,7-9H2,1-2H3,(H,15,16). The van der Waals surface area contributed by atoms with Gasteiger partial charge in [-0.1, -0.05) is 6.92 Å². The summed E-state index contributed by atoms with van der Waals surface area (Å²) >= 11 is 0. The average Bonchev–Trinajstić information content (AvgIpc) is 2.95. The third-order valence-corrected chi connectivity index (χ3v) is 3.42. The minimum atomic E-state index is 0.405. The highest BCUT2D eigenvalue weighted by Crippen LogP contribution is 2.23. The van der Waals surface area contributed by atoms with Crippen LogP contribution in [0.3, 0.4) is 0 Å². The van der Waals surface area contributed by atoms with Crippen LogP contribution in [-0.4, -0.2) is 35.3 Å². The van der Waals surface area contributed by atoms with Crippen molar-refractivity contribution < 1.29 is 4.74 Å². The molecule has 1 aromatic heterocycles. The van der Waals surface area contributed by atoms with Crippen molar-refractivity contribution in [3.05, 3.63) is 18.2 Å². The van der Waals surface area contributed by atoms with Gasteiger partial charge >= 0.3 is 0 Å². The minimum absolute atomic E-state index is 0.405. The number of ether oxygens (including phenoxy) is 1. The number of aromatic amines is 1. The van der Waals surface area contributed by atoms with E-state index in [4.69, 9.17) is 4.74 Å². The van der Waals surface area contributed by atoms with Gasteiger partial charge in [-0.15, -0.1) is 0 Å². The summed E-state index contributed by atoms with van der Waals surface area (Å²) in [7, 11) is 0. The van der Waals surface area contributed by atoms with Crippen molar-refractivity contribution in [3.63, 3.8) is 0 Å². The largest absolute Gasteiger partial charge is 0.378 e. The van der Waals surface area contributed by atoms with Crippen molar-refractivity contribution in [2.75, 3.05) is 13.2 Å². The zero-order valence-corrected chi connectivity index (χ0v) is 10.8. The van der Waals surface area contributed by atoms with E-state index in [1.807, 2.05) is 12.4 Å². The molecule has 0 aliphatic carbocycles. The number of imidazole rings is 1. The van der Waals surface area contributed by atoms with Crippen LogP contribution >= 0.6 is 0 Å². The Hall–Kier alpha value is -0.870. The van der Waals surface area contributed by atoms with Crippen LogP contribution < -0.4 is 5.32 Å². The van der Waals surface area contributed by atoms with Gasteiger partial charge in [-0.2, -0.15) is 0 Å². The molecule has 0 aromatic carbocycles. The van der Waals surface area contributed by atoms with Crippen molar-refractivity contribution in [1.82, 2.24) is 15.3 Å². The van der Waals surface area contributed by atoms with E-state index < -0.39 is 0 Å². The SMILES string of the molecule is CCCNC(Cc1ncc[nH]1)C1COC(C)C1. The van der Waals surface area contributed by atoms with Gasteiger partial charge in [-0.3, -0.25) is 0 Å². The summed E-state index contributed by atoms with van der Waals surface area (Å²) in [5, 5.41) is 3.63. The van der Waals surface area contributed by atoms with Crippen LogP contribution in [0.4, 0.5) is 0 Å². The van der Waals surface area contributed by atoms with Crippen LogP contribution in [0.25, 0.3) is 0 Å². The molecule has 2 rings (SSSR count). The summed E-state index contributed by atoms with van der Waals surface area (Å²) in [6.45, 7) is 6.30. The smallest absolute Gasteiger partial charge is 0.107 e. The van der Waals surface area contributed by atoms with Crippen molar-refractivity contribution in [2.24, 2.45) is 5.92 Å². The lowest BCUT2D eigenvalue weighted by atomic mass is 9.94. The van der Waals surface area contributed by atoms with Crippen LogP contribution in [-0.2, 0) is 11.2 Å². The first-order valence-corrected chi connectivity index (χ1v) is 6.62. The highest BCUT2D eigenvalue weighted by atomic mass is 16.5. The third-order valence-electron chi connectivity index (χ3n) is 3.42. The molecular weight excluding hydrogens is 214 g/mol. The van der Waals surface area contributed by atoms with Crippen LogP contribution in [0.1, 0.15) is 32.5 Å². The number of rotatable bonds is 6. The molecule has 1 aliphatic rings. The van der Waals surface area contributed by atoms with Gasteiger partial charge in [-0.25, -0.2) is 4.98 Å². The molecule has 0 amide bonds. The normalized spacial score (nSPS) is 26.2. The van der Waals surface area contributed by atoms with Crippen molar-refractivity contribution in [2.45, 2.75) is 45.3 Å². The second-order valence-electron chi connectivity index (χ2n) is 4.94. The summed E-state index contributed by atoms with van der Waals surface area (Å²) < 4.78 is 5.67. The van der Waals surface area contributed by atoms with E-state index >= 15 is 0 Å². The molecule has 1 fully saturated rings. The summed E-state index contributed by atoms with van der Waals surface area (Å²) in [6, 6.07) is 0.478. The zero-order valence-electron chi connectivity index (χ0n) is 10.8. The maximum absolute atomic E-state index is 5.67. The maximum Gasteiger partial charge on any atom is 0.107 e. The Labute approximate surface area is 103 Å². The Morgan fingerprint density at radius 1 is 1.65 bits per heavy atom. The van der Waals surface area contributed by atoms with Gasteiger partial charge in [0.2, 0.25) is 0 Å². The Kier molecular flexibility index (Phi) is 4.57. The minimum Gasteiger partial charge on any atom is -0.378 e. The molecule has 4 heteroatoms. The van der Waals surface area contributed by atoms with E-state index in [-0.39, 0.29) is 0 Å². The summed E-state index contributed by atoms with van der Waals surface area (Å²) in [6.07, 6.45) is 7.40. The second kappa shape index (κ2) is 6.17. The molecule has 2 heterocycles. The number of H-pyrrole nitrogens is 1. The number of nitrogens with zero attached hydrogens (tertiary/aromatic N) is 1. The number of nitrogens with one attached hydrogen (secondary N) is 2. The van der Waals surface area contributed by atoms with Gasteiger partial charge in [0.05, 0.1) is 12.7 Å². The number of aromatic nitrogens is 2. The Morgan fingerprint density at radius 3 is 3.12 bits per heavy atom. The molecule has 4 nitrogen and oxygen atoms in total. The predicted molar refractivity (Wildman–Crippen MR) is 67.9 cm³/mol. The Balaban J connectivity index is 1.92. The molecule has 3 unspecified atom stereocenters. The first-order chi connectivity index (χ1) is 8.29. The summed E-state index contributed by atoms with van der Waals surface area (Å²) in [5.41, 5.74) is 0. The molecule has 1 aromatic rings. The van der Waals surface area contributed by atoms with E-state index in [0.717, 1.165) is 38.2 Å². The lowest BCUT2D eigenvalue weighted by molar-refractivity contribution is 0.116. The molecule has 1 saturated heterocycles. The molecule has 0 radical (unpaired) electrons. The first kappa shape index (κ1) is 12.6. The highest BCUT2D eigenvalue weighted by molar-refractivity contribution is 4.94. The van der Waals surface area contributed by atoms with E-state index in [9.17, 15) is 0 Å². The highest BCUT2D eigenvalue weighted by Gasteiger charge is 2.29. The third kappa shape index (κ3) is 3.54. The molecule has 17 heavy (non-hydrogen) atoms. The monoisotopic (exact) mass is 237 g/mol. The van der Waals surface area contributed by atoms with E-state index in [0.29, 0.717) is 18.1 Å². The first-order valence-electron chi connectivity index (χ1n) is 6.62. The topological polar surface area (TPSA) is 49.9 Å². The number of hydrogen-bond acceptors (Lipinski definition) is 3. The number of hydrogen-bond donors (Lipinski definition) is 2. The summed E-state index contributed by atoms with van der Waals surface area (Å²) in [4.78, 5) is 7.50. The second-order valence-corrected chi connectivity index (χ2v) is 4.94. The van der Waals surface area contributed by atoms with Crippen molar-refractivity contribution in [3.8, 4) is 0 Å². The molecule has 0 saturated carbocycles. The van der Waals surface area contributed by atoms with E-state index in [2.05, 4.69) is 29.1 Å². The zero-order chi connectivity index (χ0) is 12.1. The Morgan fingerprint density at radius 2 is 2.53 bits per heavy atom. The average molecular weight is 237 g/mol. The maximum atomic E-state index is 5.67. The molecule has 96 valence electrons. The van der Waals surface area contributed by atoms with Crippen LogP contribution in [0.2, 0.25) is 0 Å². The fourth-order valence-corrected chi connectivity index (χ4v) is 2.48. The van der Waals surface area contributed by atoms with Gasteiger partial charge in [0.25, 0.3) is 0 Å².